The van der Waals surface area contributed by atoms with Gasteiger partial charge < -0.3 is 19.7 Å². The van der Waals surface area contributed by atoms with Gasteiger partial charge in [-0.05, 0) is 11.8 Å². The zero-order chi connectivity index (χ0) is 10.3. The van der Waals surface area contributed by atoms with Crippen LogP contribution in [0, 0.1) is 11.8 Å². The van der Waals surface area contributed by atoms with E-state index in [0.717, 1.165) is 6.42 Å². The van der Waals surface area contributed by atoms with E-state index >= 15 is 0 Å². The zero-order valence-corrected chi connectivity index (χ0v) is 8.59. The molecule has 4 nitrogen and oxygen atoms in total. The Morgan fingerprint density at radius 2 is 2.07 bits per heavy atom. The fourth-order valence-electron chi connectivity index (χ4n) is 2.40. The van der Waals surface area contributed by atoms with Crippen LogP contribution in [0.4, 0.5) is 0 Å². The third kappa shape index (κ3) is 1.56. The first-order chi connectivity index (χ1) is 6.63. The third-order valence-corrected chi connectivity index (χ3v) is 3.28. The highest BCUT2D eigenvalue weighted by Crippen LogP contribution is 2.38. The molecule has 14 heavy (non-hydrogen) atoms. The molecule has 0 aromatic carbocycles. The molecule has 0 unspecified atom stereocenters. The molecular formula is C10H18O4. The Morgan fingerprint density at radius 1 is 1.36 bits per heavy atom. The Balaban J connectivity index is 2.10. The molecule has 0 aromatic heterocycles. The van der Waals surface area contributed by atoms with Gasteiger partial charge in [0.2, 0.25) is 0 Å². The molecule has 2 fully saturated rings. The maximum absolute atomic E-state index is 10.0. The second kappa shape index (κ2) is 3.77. The van der Waals surface area contributed by atoms with E-state index < -0.39 is 6.10 Å². The van der Waals surface area contributed by atoms with Crippen molar-refractivity contribution in [3.63, 3.8) is 0 Å². The first-order valence-electron chi connectivity index (χ1n) is 5.23. The molecule has 0 spiro atoms. The number of rotatable bonds is 2. The number of aliphatic hydroxyl groups excluding tert-OH is 2. The molecule has 2 rings (SSSR count). The molecule has 2 bridgehead atoms. The average Bonchev–Trinajstić information content (AvgIpc) is 2.50. The second-order valence-electron chi connectivity index (χ2n) is 4.52. The Hall–Kier alpha value is -0.160. The summed E-state index contributed by atoms with van der Waals surface area (Å²) in [6.07, 6.45) is -0.699. The molecule has 0 radical (unpaired) electrons. The molecule has 2 N–H and O–H groups in total. The summed E-state index contributed by atoms with van der Waals surface area (Å²) in [7, 11) is 0. The second-order valence-corrected chi connectivity index (χ2v) is 4.52. The Morgan fingerprint density at radius 3 is 2.64 bits per heavy atom. The van der Waals surface area contributed by atoms with Gasteiger partial charge in [0.05, 0.1) is 12.7 Å². The molecule has 5 atom stereocenters. The summed E-state index contributed by atoms with van der Waals surface area (Å²) in [6, 6.07) is 0. The monoisotopic (exact) mass is 202 g/mol. The predicted molar refractivity (Wildman–Crippen MR) is 49.6 cm³/mol. The molecule has 2 saturated heterocycles. The first kappa shape index (κ1) is 10.4. The van der Waals surface area contributed by atoms with E-state index in [2.05, 4.69) is 13.8 Å². The minimum Gasteiger partial charge on any atom is -0.394 e. The van der Waals surface area contributed by atoms with Crippen LogP contribution in [0.25, 0.3) is 0 Å². The third-order valence-electron chi connectivity index (χ3n) is 3.28. The van der Waals surface area contributed by atoms with Gasteiger partial charge in [-0.15, -0.1) is 0 Å². The van der Waals surface area contributed by atoms with Gasteiger partial charge in [-0.3, -0.25) is 0 Å². The summed E-state index contributed by atoms with van der Waals surface area (Å²) in [5, 5.41) is 19.1. The first-order valence-corrected chi connectivity index (χ1v) is 5.23. The van der Waals surface area contributed by atoms with E-state index in [1.807, 2.05) is 0 Å². The van der Waals surface area contributed by atoms with Crippen LogP contribution in [-0.4, -0.2) is 41.4 Å². The summed E-state index contributed by atoms with van der Waals surface area (Å²) in [5.74, 6) is 0.634. The molecule has 2 aliphatic heterocycles. The van der Waals surface area contributed by atoms with Gasteiger partial charge in [-0.25, -0.2) is 0 Å². The largest absolute Gasteiger partial charge is 0.394 e. The van der Waals surface area contributed by atoms with Crippen LogP contribution in [-0.2, 0) is 9.47 Å². The molecule has 82 valence electrons. The highest BCUT2D eigenvalue weighted by molar-refractivity contribution is 4.93. The number of ether oxygens (including phenoxy) is 2. The van der Waals surface area contributed by atoms with Gasteiger partial charge in [0.15, 0.2) is 6.29 Å². The quantitative estimate of drug-likeness (QED) is 0.668. The van der Waals surface area contributed by atoms with E-state index in [1.54, 1.807) is 0 Å². The van der Waals surface area contributed by atoms with Crippen molar-refractivity contribution in [2.75, 3.05) is 6.61 Å². The van der Waals surface area contributed by atoms with Crippen molar-refractivity contribution < 1.29 is 19.7 Å². The summed E-state index contributed by atoms with van der Waals surface area (Å²) in [4.78, 5) is 0. The van der Waals surface area contributed by atoms with Crippen LogP contribution < -0.4 is 0 Å². The highest BCUT2D eigenvalue weighted by Gasteiger charge is 2.49. The molecule has 2 aliphatic rings. The summed E-state index contributed by atoms with van der Waals surface area (Å²) >= 11 is 0. The van der Waals surface area contributed by atoms with Crippen molar-refractivity contribution in [1.82, 2.24) is 0 Å². The maximum Gasteiger partial charge on any atom is 0.159 e. The lowest BCUT2D eigenvalue weighted by atomic mass is 9.83. The minimum atomic E-state index is -0.508. The van der Waals surface area contributed by atoms with Crippen LogP contribution in [0.2, 0.25) is 0 Å². The van der Waals surface area contributed by atoms with E-state index in [0.29, 0.717) is 5.92 Å². The smallest absolute Gasteiger partial charge is 0.159 e. The van der Waals surface area contributed by atoms with Gasteiger partial charge in [0, 0.05) is 6.42 Å². The van der Waals surface area contributed by atoms with Crippen molar-refractivity contribution >= 4 is 0 Å². The molecule has 2 heterocycles. The van der Waals surface area contributed by atoms with Crippen molar-refractivity contribution in [3.05, 3.63) is 0 Å². The minimum absolute atomic E-state index is 0.0803. The van der Waals surface area contributed by atoms with Gasteiger partial charge in [0.1, 0.15) is 12.2 Å². The van der Waals surface area contributed by atoms with Gasteiger partial charge in [-0.2, -0.15) is 0 Å². The van der Waals surface area contributed by atoms with Crippen LogP contribution in [0.1, 0.15) is 20.3 Å². The van der Waals surface area contributed by atoms with Gasteiger partial charge in [0.25, 0.3) is 0 Å². The number of fused-ring (bicyclic) bond motifs is 2. The predicted octanol–water partition coefficient (Wildman–Crippen LogP) is 0.126. The molecule has 0 aromatic rings. The Bertz CT molecular complexity index is 204. The molecule has 0 amide bonds. The summed E-state index contributed by atoms with van der Waals surface area (Å²) < 4.78 is 10.9. The van der Waals surface area contributed by atoms with E-state index in [1.165, 1.54) is 0 Å². The summed E-state index contributed by atoms with van der Waals surface area (Å²) in [5.41, 5.74) is 0. The van der Waals surface area contributed by atoms with Crippen molar-refractivity contribution in [3.8, 4) is 0 Å². The van der Waals surface area contributed by atoms with Crippen molar-refractivity contribution in [1.29, 1.82) is 0 Å². The normalized spacial score (nSPS) is 47.4. The van der Waals surface area contributed by atoms with Gasteiger partial charge >= 0.3 is 0 Å². The molecule has 0 aliphatic carbocycles. The fraction of sp³-hybridized carbons (Fsp3) is 1.00. The van der Waals surface area contributed by atoms with E-state index in [9.17, 15) is 5.11 Å². The highest BCUT2D eigenvalue weighted by atomic mass is 16.7. The van der Waals surface area contributed by atoms with Crippen LogP contribution in [0.5, 0.6) is 0 Å². The molecular weight excluding hydrogens is 184 g/mol. The van der Waals surface area contributed by atoms with Crippen molar-refractivity contribution in [2.24, 2.45) is 11.8 Å². The standard InChI is InChI=1S/C10H18O4/c1-5(2)6-3-8-13-7(4-11)10(14-8)9(6)12/h5-12H,3-4H2,1-2H3/t6-,7+,8-,9-,10-/m0/s1. The number of hydrogen-bond acceptors (Lipinski definition) is 4. The summed E-state index contributed by atoms with van der Waals surface area (Å²) in [6.45, 7) is 4.10. The SMILES string of the molecule is CC(C)[C@@H]1C[C@@H]2O[C@H]([C@H]1O)[C@@H](CO)O2. The average molecular weight is 202 g/mol. The Kier molecular flexibility index (Phi) is 2.79. The molecule has 4 heteroatoms. The topological polar surface area (TPSA) is 58.9 Å². The van der Waals surface area contributed by atoms with Gasteiger partial charge in [-0.1, -0.05) is 13.8 Å². The Labute approximate surface area is 83.8 Å². The lowest BCUT2D eigenvalue weighted by Gasteiger charge is -2.34. The van der Waals surface area contributed by atoms with Crippen LogP contribution >= 0.6 is 0 Å². The maximum atomic E-state index is 10.0. The number of hydrogen-bond donors (Lipinski definition) is 2. The number of aliphatic hydroxyl groups is 2. The van der Waals surface area contributed by atoms with E-state index in [-0.39, 0.29) is 31.0 Å². The van der Waals surface area contributed by atoms with Crippen LogP contribution in [0.3, 0.4) is 0 Å². The van der Waals surface area contributed by atoms with Crippen LogP contribution in [0.15, 0.2) is 0 Å². The van der Waals surface area contributed by atoms with E-state index in [4.69, 9.17) is 14.6 Å². The lowest BCUT2D eigenvalue weighted by Crippen LogP contribution is -2.45. The zero-order valence-electron chi connectivity index (χ0n) is 8.59. The van der Waals surface area contributed by atoms with Crippen molar-refractivity contribution in [2.45, 2.75) is 44.9 Å². The fourth-order valence-corrected chi connectivity index (χ4v) is 2.40. The molecule has 0 saturated carbocycles. The lowest BCUT2D eigenvalue weighted by molar-refractivity contribution is -0.151.